The molecule has 0 aliphatic carbocycles. The molecule has 5 N–H and O–H groups in total. The molecule has 0 aliphatic rings. The number of aromatic hydroxyl groups is 3. The maximum absolute atomic E-state index is 11.3. The van der Waals surface area contributed by atoms with Crippen LogP contribution in [0.15, 0.2) is 12.1 Å². The third-order valence-electron chi connectivity index (χ3n) is 2.47. The van der Waals surface area contributed by atoms with Crippen LogP contribution in [0, 0.1) is 5.92 Å². The minimum Gasteiger partial charge on any atom is -0.504 e. The molecule has 0 radical (unpaired) electrons. The Balaban J connectivity index is 3.31. The number of phenolic OH excluding ortho intramolecular Hbond substituents is 3. The Morgan fingerprint density at radius 1 is 1.19 bits per heavy atom. The highest BCUT2D eigenvalue weighted by Crippen LogP contribution is 2.41. The van der Waals surface area contributed by atoms with Gasteiger partial charge in [0.25, 0.3) is 0 Å². The molecule has 1 atom stereocenters. The molecule has 1 rings (SSSR count). The van der Waals surface area contributed by atoms with E-state index in [0.717, 1.165) is 0 Å². The summed E-state index contributed by atoms with van der Waals surface area (Å²) in [7, 11) is 0. The molecule has 16 heavy (non-hydrogen) atoms. The van der Waals surface area contributed by atoms with Crippen LogP contribution in [0.3, 0.4) is 0 Å². The average molecular weight is 225 g/mol. The van der Waals surface area contributed by atoms with Crippen molar-refractivity contribution in [1.29, 1.82) is 0 Å². The third-order valence-corrected chi connectivity index (χ3v) is 2.47. The van der Waals surface area contributed by atoms with Crippen LogP contribution in [0.1, 0.15) is 25.3 Å². The van der Waals surface area contributed by atoms with Crippen LogP contribution < -0.4 is 5.73 Å². The first-order valence-electron chi connectivity index (χ1n) is 4.89. The number of amides is 1. The van der Waals surface area contributed by atoms with Crippen LogP contribution in [0.4, 0.5) is 0 Å². The molecule has 1 amide bonds. The van der Waals surface area contributed by atoms with Gasteiger partial charge in [0.1, 0.15) is 0 Å². The number of benzene rings is 1. The Hall–Kier alpha value is -1.91. The van der Waals surface area contributed by atoms with Gasteiger partial charge >= 0.3 is 0 Å². The van der Waals surface area contributed by atoms with Crippen molar-refractivity contribution >= 4 is 5.91 Å². The van der Waals surface area contributed by atoms with E-state index in [9.17, 15) is 15.0 Å². The lowest BCUT2D eigenvalue weighted by molar-refractivity contribution is -0.120. The maximum atomic E-state index is 11.3. The fraction of sp³-hybridized carbons (Fsp3) is 0.364. The number of rotatable bonds is 3. The summed E-state index contributed by atoms with van der Waals surface area (Å²) in [5.41, 5.74) is 5.45. The Labute approximate surface area is 93.1 Å². The minimum absolute atomic E-state index is 0.118. The first-order valence-corrected chi connectivity index (χ1v) is 4.89. The molecule has 88 valence electrons. The third kappa shape index (κ3) is 2.03. The summed E-state index contributed by atoms with van der Waals surface area (Å²) in [6.07, 6.45) is 0. The Morgan fingerprint density at radius 3 is 2.19 bits per heavy atom. The number of hydrogen-bond donors (Lipinski definition) is 4. The van der Waals surface area contributed by atoms with Crippen LogP contribution in [0.2, 0.25) is 0 Å². The van der Waals surface area contributed by atoms with Gasteiger partial charge in [0.05, 0.1) is 5.92 Å². The number of carbonyl (C=O) groups excluding carboxylic acids is 1. The van der Waals surface area contributed by atoms with Crippen molar-refractivity contribution in [1.82, 2.24) is 0 Å². The first-order chi connectivity index (χ1) is 7.36. The fourth-order valence-electron chi connectivity index (χ4n) is 1.68. The maximum Gasteiger partial charge on any atom is 0.225 e. The zero-order chi connectivity index (χ0) is 12.5. The minimum atomic E-state index is -0.702. The predicted octanol–water partition coefficient (Wildman–Crippen LogP) is 1.03. The Bertz CT molecular complexity index is 415. The number of nitrogens with two attached hydrogens (primary N) is 1. The molecule has 0 fully saturated rings. The summed E-state index contributed by atoms with van der Waals surface area (Å²) in [5.74, 6) is -2.98. The zero-order valence-corrected chi connectivity index (χ0v) is 9.14. The van der Waals surface area contributed by atoms with Crippen molar-refractivity contribution in [2.75, 3.05) is 0 Å². The van der Waals surface area contributed by atoms with Crippen LogP contribution in [0.5, 0.6) is 17.2 Å². The fourth-order valence-corrected chi connectivity index (χ4v) is 1.68. The van der Waals surface area contributed by atoms with E-state index in [1.54, 1.807) is 13.8 Å². The van der Waals surface area contributed by atoms with Gasteiger partial charge in [0.2, 0.25) is 11.7 Å². The second-order valence-corrected chi connectivity index (χ2v) is 4.00. The van der Waals surface area contributed by atoms with Crippen molar-refractivity contribution in [3.63, 3.8) is 0 Å². The van der Waals surface area contributed by atoms with Crippen LogP contribution in [0.25, 0.3) is 0 Å². The van der Waals surface area contributed by atoms with Crippen molar-refractivity contribution < 1.29 is 20.1 Å². The van der Waals surface area contributed by atoms with E-state index in [4.69, 9.17) is 10.8 Å². The number of carbonyl (C=O) groups is 1. The van der Waals surface area contributed by atoms with E-state index in [2.05, 4.69) is 0 Å². The van der Waals surface area contributed by atoms with Gasteiger partial charge in [-0.25, -0.2) is 0 Å². The lowest BCUT2D eigenvalue weighted by atomic mass is 9.87. The summed E-state index contributed by atoms with van der Waals surface area (Å²) in [6.45, 7) is 3.55. The quantitative estimate of drug-likeness (QED) is 0.576. The van der Waals surface area contributed by atoms with Crippen molar-refractivity contribution in [2.45, 2.75) is 19.8 Å². The Morgan fingerprint density at radius 2 is 1.75 bits per heavy atom. The molecule has 0 bridgehead atoms. The topological polar surface area (TPSA) is 104 Å². The van der Waals surface area contributed by atoms with E-state index in [0.29, 0.717) is 0 Å². The molecule has 1 aromatic rings. The van der Waals surface area contributed by atoms with Gasteiger partial charge in [-0.3, -0.25) is 4.79 Å². The van der Waals surface area contributed by atoms with Crippen molar-refractivity contribution in [3.8, 4) is 17.2 Å². The molecule has 0 aliphatic heterocycles. The predicted molar refractivity (Wildman–Crippen MR) is 58.2 cm³/mol. The van der Waals surface area contributed by atoms with E-state index >= 15 is 0 Å². The summed E-state index contributed by atoms with van der Waals surface area (Å²) in [4.78, 5) is 11.3. The van der Waals surface area contributed by atoms with Gasteiger partial charge in [0, 0.05) is 5.56 Å². The number of primary amides is 1. The standard InChI is InChI=1S/C11H15NO4/c1-5(2)8(11(12)16)6-3-4-7(13)10(15)9(6)14/h3-5,8,13-15H,1-2H3,(H2,12,16). The average Bonchev–Trinajstić information content (AvgIpc) is 2.17. The van der Waals surface area contributed by atoms with Gasteiger partial charge in [-0.1, -0.05) is 19.9 Å². The van der Waals surface area contributed by atoms with Gasteiger partial charge < -0.3 is 21.1 Å². The molecule has 0 heterocycles. The highest BCUT2D eigenvalue weighted by atomic mass is 16.3. The van der Waals surface area contributed by atoms with Crippen molar-refractivity contribution in [3.05, 3.63) is 17.7 Å². The van der Waals surface area contributed by atoms with Gasteiger partial charge in [-0.2, -0.15) is 0 Å². The van der Waals surface area contributed by atoms with Gasteiger partial charge in [-0.05, 0) is 12.0 Å². The monoisotopic (exact) mass is 225 g/mol. The molecule has 5 nitrogen and oxygen atoms in total. The zero-order valence-electron chi connectivity index (χ0n) is 9.14. The van der Waals surface area contributed by atoms with Crippen LogP contribution >= 0.6 is 0 Å². The largest absolute Gasteiger partial charge is 0.504 e. The van der Waals surface area contributed by atoms with Gasteiger partial charge in [-0.15, -0.1) is 0 Å². The van der Waals surface area contributed by atoms with Crippen LogP contribution in [-0.2, 0) is 4.79 Å². The molecular formula is C11H15NO4. The molecule has 0 aromatic heterocycles. The molecular weight excluding hydrogens is 210 g/mol. The Kier molecular flexibility index (Phi) is 3.27. The molecule has 0 saturated carbocycles. The lowest BCUT2D eigenvalue weighted by Gasteiger charge is -2.19. The van der Waals surface area contributed by atoms with E-state index < -0.39 is 29.1 Å². The molecule has 0 spiro atoms. The summed E-state index contributed by atoms with van der Waals surface area (Å²) in [6, 6.07) is 2.59. The molecule has 1 aromatic carbocycles. The molecule has 1 unspecified atom stereocenters. The number of hydrogen-bond acceptors (Lipinski definition) is 4. The SMILES string of the molecule is CC(C)C(C(N)=O)c1ccc(O)c(O)c1O. The second kappa shape index (κ2) is 4.30. The molecule has 0 saturated heterocycles. The second-order valence-electron chi connectivity index (χ2n) is 4.00. The van der Waals surface area contributed by atoms with E-state index in [1.807, 2.05) is 0 Å². The normalized spacial score (nSPS) is 12.7. The first kappa shape index (κ1) is 12.2. The van der Waals surface area contributed by atoms with Crippen molar-refractivity contribution in [2.24, 2.45) is 11.7 Å². The summed E-state index contributed by atoms with van der Waals surface area (Å²) < 4.78 is 0. The van der Waals surface area contributed by atoms with E-state index in [1.165, 1.54) is 12.1 Å². The smallest absolute Gasteiger partial charge is 0.225 e. The summed E-state index contributed by atoms with van der Waals surface area (Å²) in [5, 5.41) is 28.1. The summed E-state index contributed by atoms with van der Waals surface area (Å²) >= 11 is 0. The van der Waals surface area contributed by atoms with E-state index in [-0.39, 0.29) is 11.5 Å². The highest BCUT2D eigenvalue weighted by Gasteiger charge is 2.26. The van der Waals surface area contributed by atoms with Gasteiger partial charge in [0.15, 0.2) is 11.5 Å². The lowest BCUT2D eigenvalue weighted by Crippen LogP contribution is -2.25. The highest BCUT2D eigenvalue weighted by molar-refractivity contribution is 5.83. The molecule has 5 heteroatoms. The number of phenols is 3. The van der Waals surface area contributed by atoms with Crippen LogP contribution in [-0.4, -0.2) is 21.2 Å².